The third-order valence-corrected chi connectivity index (χ3v) is 3.14. The van der Waals surface area contributed by atoms with Crippen molar-refractivity contribution in [3.05, 3.63) is 34.9 Å². The summed E-state index contributed by atoms with van der Waals surface area (Å²) < 4.78 is 15.0. The van der Waals surface area contributed by atoms with Crippen LogP contribution in [0, 0.1) is 12.7 Å². The van der Waals surface area contributed by atoms with E-state index in [1.165, 1.54) is 12.1 Å². The number of benzene rings is 1. The maximum absolute atomic E-state index is 13.0. The van der Waals surface area contributed by atoms with Crippen molar-refractivity contribution in [3.8, 4) is 11.3 Å². The second kappa shape index (κ2) is 4.61. The second-order valence-corrected chi connectivity index (χ2v) is 4.89. The Labute approximate surface area is 110 Å². The molecular formula is C13H15ClFN3. The summed E-state index contributed by atoms with van der Waals surface area (Å²) in [6.07, 6.45) is 0. The van der Waals surface area contributed by atoms with Gasteiger partial charge in [-0.3, -0.25) is 0 Å². The third-order valence-electron chi connectivity index (χ3n) is 2.83. The number of nitrogens with two attached hydrogens (primary N) is 1. The minimum absolute atomic E-state index is 0.213. The number of nitrogens with zero attached hydrogens (tertiary/aromatic N) is 2. The average molecular weight is 268 g/mol. The van der Waals surface area contributed by atoms with Gasteiger partial charge in [-0.25, -0.2) is 9.37 Å². The van der Waals surface area contributed by atoms with Gasteiger partial charge in [-0.2, -0.15) is 0 Å². The van der Waals surface area contributed by atoms with E-state index in [1.54, 1.807) is 6.07 Å². The smallest absolute Gasteiger partial charge is 0.132 e. The standard InChI is InChI=1S/C13H15ClFN3/c1-7(2)18-8(3)17-12(13(18)16)10-5-4-9(15)6-11(10)14/h4-7H,16H2,1-3H3. The molecule has 0 saturated heterocycles. The number of rotatable bonds is 2. The molecule has 0 unspecified atom stereocenters. The zero-order valence-corrected chi connectivity index (χ0v) is 11.3. The van der Waals surface area contributed by atoms with E-state index in [0.717, 1.165) is 5.82 Å². The lowest BCUT2D eigenvalue weighted by molar-refractivity contribution is 0.590. The molecule has 2 rings (SSSR count). The van der Waals surface area contributed by atoms with Gasteiger partial charge >= 0.3 is 0 Å². The molecule has 0 amide bonds. The van der Waals surface area contributed by atoms with Crippen LogP contribution in [0.5, 0.6) is 0 Å². The fourth-order valence-electron chi connectivity index (χ4n) is 2.09. The van der Waals surface area contributed by atoms with E-state index >= 15 is 0 Å². The van der Waals surface area contributed by atoms with E-state index in [4.69, 9.17) is 17.3 Å². The Morgan fingerprint density at radius 3 is 2.56 bits per heavy atom. The van der Waals surface area contributed by atoms with Crippen LogP contribution in [-0.4, -0.2) is 9.55 Å². The quantitative estimate of drug-likeness (QED) is 0.899. The molecule has 0 saturated carbocycles. The zero-order chi connectivity index (χ0) is 13.4. The van der Waals surface area contributed by atoms with Gasteiger partial charge in [0.15, 0.2) is 0 Å². The predicted molar refractivity (Wildman–Crippen MR) is 72.2 cm³/mol. The molecule has 0 aliphatic carbocycles. The minimum Gasteiger partial charge on any atom is -0.383 e. The lowest BCUT2D eigenvalue weighted by Gasteiger charge is -2.11. The van der Waals surface area contributed by atoms with Crippen molar-refractivity contribution in [1.82, 2.24) is 9.55 Å². The van der Waals surface area contributed by atoms with Crippen molar-refractivity contribution in [2.24, 2.45) is 0 Å². The Bertz CT molecular complexity index is 590. The van der Waals surface area contributed by atoms with E-state index in [9.17, 15) is 4.39 Å². The number of hydrogen-bond donors (Lipinski definition) is 1. The van der Waals surface area contributed by atoms with Crippen molar-refractivity contribution < 1.29 is 4.39 Å². The summed E-state index contributed by atoms with van der Waals surface area (Å²) in [4.78, 5) is 4.42. The first-order valence-electron chi connectivity index (χ1n) is 5.71. The van der Waals surface area contributed by atoms with Crippen LogP contribution in [0.15, 0.2) is 18.2 Å². The summed E-state index contributed by atoms with van der Waals surface area (Å²) in [7, 11) is 0. The maximum atomic E-state index is 13.0. The minimum atomic E-state index is -0.373. The normalized spacial score (nSPS) is 11.2. The highest BCUT2D eigenvalue weighted by Gasteiger charge is 2.17. The number of aromatic nitrogens is 2. The first-order valence-corrected chi connectivity index (χ1v) is 6.09. The van der Waals surface area contributed by atoms with Crippen LogP contribution in [0.3, 0.4) is 0 Å². The molecule has 1 aromatic carbocycles. The summed E-state index contributed by atoms with van der Waals surface area (Å²) >= 11 is 6.03. The van der Waals surface area contributed by atoms with Gasteiger partial charge in [0.2, 0.25) is 0 Å². The Morgan fingerprint density at radius 1 is 1.39 bits per heavy atom. The number of imidazole rings is 1. The van der Waals surface area contributed by atoms with Crippen LogP contribution in [-0.2, 0) is 0 Å². The summed E-state index contributed by atoms with van der Waals surface area (Å²) in [5.41, 5.74) is 7.35. The van der Waals surface area contributed by atoms with Crippen LogP contribution < -0.4 is 5.73 Å². The third kappa shape index (κ3) is 2.08. The van der Waals surface area contributed by atoms with Crippen molar-refractivity contribution in [2.75, 3.05) is 5.73 Å². The van der Waals surface area contributed by atoms with Crippen molar-refractivity contribution in [3.63, 3.8) is 0 Å². The molecule has 96 valence electrons. The van der Waals surface area contributed by atoms with Gasteiger partial charge in [0, 0.05) is 11.6 Å². The summed E-state index contributed by atoms with van der Waals surface area (Å²) in [6, 6.07) is 4.43. The number of aryl methyl sites for hydroxylation is 1. The second-order valence-electron chi connectivity index (χ2n) is 4.48. The molecule has 0 radical (unpaired) electrons. The Morgan fingerprint density at radius 2 is 2.06 bits per heavy atom. The van der Waals surface area contributed by atoms with E-state index in [1.807, 2.05) is 25.3 Å². The maximum Gasteiger partial charge on any atom is 0.132 e. The van der Waals surface area contributed by atoms with Crippen LogP contribution in [0.25, 0.3) is 11.3 Å². The molecule has 0 fully saturated rings. The van der Waals surface area contributed by atoms with Gasteiger partial charge in [0.1, 0.15) is 23.2 Å². The van der Waals surface area contributed by atoms with Crippen molar-refractivity contribution in [1.29, 1.82) is 0 Å². The van der Waals surface area contributed by atoms with Gasteiger partial charge in [-0.1, -0.05) is 11.6 Å². The highest BCUT2D eigenvalue weighted by Crippen LogP contribution is 2.33. The monoisotopic (exact) mass is 267 g/mol. The Hall–Kier alpha value is -1.55. The Kier molecular flexibility index (Phi) is 3.30. The fraction of sp³-hybridized carbons (Fsp3) is 0.308. The molecule has 0 aliphatic heterocycles. The van der Waals surface area contributed by atoms with Crippen molar-refractivity contribution in [2.45, 2.75) is 26.8 Å². The molecule has 0 bridgehead atoms. The highest BCUT2D eigenvalue weighted by molar-refractivity contribution is 6.33. The van der Waals surface area contributed by atoms with E-state index < -0.39 is 0 Å². The van der Waals surface area contributed by atoms with Crippen molar-refractivity contribution >= 4 is 17.4 Å². The van der Waals surface area contributed by atoms with Crippen LogP contribution in [0.4, 0.5) is 10.2 Å². The van der Waals surface area contributed by atoms with Gasteiger partial charge < -0.3 is 10.3 Å². The lowest BCUT2D eigenvalue weighted by atomic mass is 10.1. The number of anilines is 1. The molecule has 1 heterocycles. The molecule has 2 aromatic rings. The van der Waals surface area contributed by atoms with Crippen LogP contribution >= 0.6 is 11.6 Å². The van der Waals surface area contributed by atoms with Gasteiger partial charge in [0.25, 0.3) is 0 Å². The SMILES string of the molecule is Cc1nc(-c2ccc(F)cc2Cl)c(N)n1C(C)C. The average Bonchev–Trinajstić information content (AvgIpc) is 2.54. The summed E-state index contributed by atoms with van der Waals surface area (Å²) in [5.74, 6) is 0.997. The molecule has 2 N–H and O–H groups in total. The van der Waals surface area contributed by atoms with E-state index in [0.29, 0.717) is 22.1 Å². The summed E-state index contributed by atoms with van der Waals surface area (Å²) in [5, 5.41) is 0.315. The van der Waals surface area contributed by atoms with Crippen LogP contribution in [0.2, 0.25) is 5.02 Å². The molecular weight excluding hydrogens is 253 g/mol. The zero-order valence-electron chi connectivity index (χ0n) is 10.5. The lowest BCUT2D eigenvalue weighted by Crippen LogP contribution is -2.07. The van der Waals surface area contributed by atoms with Gasteiger partial charge in [0.05, 0.1) is 5.02 Å². The summed E-state index contributed by atoms with van der Waals surface area (Å²) in [6.45, 7) is 5.94. The molecule has 0 atom stereocenters. The van der Waals surface area contributed by atoms with Gasteiger partial charge in [-0.05, 0) is 39.0 Å². The number of nitrogen functional groups attached to an aromatic ring is 1. The molecule has 3 nitrogen and oxygen atoms in total. The highest BCUT2D eigenvalue weighted by atomic mass is 35.5. The molecule has 1 aromatic heterocycles. The van der Waals surface area contributed by atoms with E-state index in [-0.39, 0.29) is 11.9 Å². The fourth-order valence-corrected chi connectivity index (χ4v) is 2.35. The molecule has 0 spiro atoms. The van der Waals surface area contributed by atoms with Gasteiger partial charge in [-0.15, -0.1) is 0 Å². The Balaban J connectivity index is 2.62. The molecule has 5 heteroatoms. The largest absolute Gasteiger partial charge is 0.383 e. The first-order chi connectivity index (χ1) is 8.41. The molecule has 18 heavy (non-hydrogen) atoms. The van der Waals surface area contributed by atoms with Crippen LogP contribution in [0.1, 0.15) is 25.7 Å². The topological polar surface area (TPSA) is 43.8 Å². The van der Waals surface area contributed by atoms with E-state index in [2.05, 4.69) is 4.98 Å². The molecule has 0 aliphatic rings. The number of hydrogen-bond acceptors (Lipinski definition) is 2. The predicted octanol–water partition coefficient (Wildman–Crippen LogP) is 3.81. The number of halogens is 2. The first kappa shape index (κ1) is 12.9.